The van der Waals surface area contributed by atoms with Crippen LogP contribution in [0.5, 0.6) is 5.75 Å². The number of alkyl halides is 1. The number of carbonyl (C=O) groups is 1. The quantitative estimate of drug-likeness (QED) is 0.846. The normalized spacial score (nSPS) is 18.4. The van der Waals surface area contributed by atoms with Crippen molar-refractivity contribution in [2.24, 2.45) is 5.92 Å². The van der Waals surface area contributed by atoms with Gasteiger partial charge in [0.05, 0.1) is 0 Å². The molecule has 0 bridgehead atoms. The molecule has 0 saturated carbocycles. The Bertz CT molecular complexity index is 450. The smallest absolute Gasteiger partial charge is 0.260 e. The maximum atomic E-state index is 13.6. The number of rotatable bonds is 2. The highest BCUT2D eigenvalue weighted by molar-refractivity contribution is 9.09. The molecule has 2 rings (SSSR count). The second-order valence-corrected chi connectivity index (χ2v) is 6.39. The highest BCUT2D eigenvalue weighted by atomic mass is 79.9. The fraction of sp³-hybridized carbons (Fsp3) is 0.500. The maximum Gasteiger partial charge on any atom is 0.260 e. The van der Waals surface area contributed by atoms with E-state index in [4.69, 9.17) is 0 Å². The van der Waals surface area contributed by atoms with E-state index < -0.39 is 11.7 Å². The number of phenols is 1. The Morgan fingerprint density at radius 2 is 2.11 bits per heavy atom. The molecule has 1 aliphatic heterocycles. The first-order valence-corrected chi connectivity index (χ1v) is 7.33. The number of hydrogen-bond donors (Lipinski definition) is 1. The zero-order valence-electron chi connectivity index (χ0n) is 10.8. The number of phenolic OH excluding ortho intramolecular Hbond substituents is 1. The zero-order chi connectivity index (χ0) is 14.0. The van der Waals surface area contributed by atoms with E-state index in [1.54, 1.807) is 4.90 Å². The lowest BCUT2D eigenvalue weighted by Gasteiger charge is -2.33. The van der Waals surface area contributed by atoms with E-state index in [1.807, 2.05) is 0 Å². The third kappa shape index (κ3) is 3.08. The molecule has 0 aromatic heterocycles. The molecule has 0 radical (unpaired) electrons. The molecule has 1 aromatic rings. The summed E-state index contributed by atoms with van der Waals surface area (Å²) in [7, 11) is 0. The first kappa shape index (κ1) is 14.3. The van der Waals surface area contributed by atoms with Crippen molar-refractivity contribution in [3.8, 4) is 5.75 Å². The zero-order valence-corrected chi connectivity index (χ0v) is 12.4. The van der Waals surface area contributed by atoms with Gasteiger partial charge >= 0.3 is 0 Å². The number of hydrogen-bond acceptors (Lipinski definition) is 2. The van der Waals surface area contributed by atoms with Gasteiger partial charge in [-0.2, -0.15) is 0 Å². The molecule has 1 aliphatic rings. The van der Waals surface area contributed by atoms with Crippen LogP contribution in [0.3, 0.4) is 0 Å². The summed E-state index contributed by atoms with van der Waals surface area (Å²) in [6.45, 7) is 3.31. The van der Waals surface area contributed by atoms with E-state index in [0.29, 0.717) is 23.8 Å². The van der Waals surface area contributed by atoms with E-state index in [0.717, 1.165) is 12.8 Å². The topological polar surface area (TPSA) is 40.5 Å². The second kappa shape index (κ2) is 5.90. The van der Waals surface area contributed by atoms with Crippen molar-refractivity contribution in [1.29, 1.82) is 0 Å². The Hall–Kier alpha value is -1.10. The monoisotopic (exact) mass is 329 g/mol. The van der Waals surface area contributed by atoms with Crippen molar-refractivity contribution in [1.82, 2.24) is 4.90 Å². The predicted octanol–water partition coefficient (Wildman–Crippen LogP) is 3.17. The fourth-order valence-corrected chi connectivity index (χ4v) is 2.97. The minimum Gasteiger partial charge on any atom is -0.507 e. The van der Waals surface area contributed by atoms with Gasteiger partial charge in [0, 0.05) is 17.9 Å². The number of halogens is 2. The molecule has 1 aromatic carbocycles. The van der Waals surface area contributed by atoms with Crippen LogP contribution < -0.4 is 0 Å². The minimum atomic E-state index is -0.666. The molecule has 1 amide bonds. The van der Waals surface area contributed by atoms with E-state index in [2.05, 4.69) is 22.9 Å². The van der Waals surface area contributed by atoms with Crippen LogP contribution in [0.1, 0.15) is 30.1 Å². The van der Waals surface area contributed by atoms with Gasteiger partial charge in [0.2, 0.25) is 0 Å². The van der Waals surface area contributed by atoms with Gasteiger partial charge in [0.25, 0.3) is 5.91 Å². The number of nitrogens with zero attached hydrogens (tertiary/aromatic N) is 1. The van der Waals surface area contributed by atoms with Crippen LogP contribution in [0.15, 0.2) is 18.2 Å². The van der Waals surface area contributed by atoms with Gasteiger partial charge < -0.3 is 10.0 Å². The first-order chi connectivity index (χ1) is 9.00. The van der Waals surface area contributed by atoms with E-state index in [9.17, 15) is 14.3 Å². The number of benzene rings is 1. The lowest BCUT2D eigenvalue weighted by molar-refractivity contribution is 0.0683. The predicted molar refractivity (Wildman–Crippen MR) is 75.1 cm³/mol. The molecule has 1 unspecified atom stereocenters. The summed E-state index contributed by atoms with van der Waals surface area (Å²) in [6.07, 6.45) is 1.79. The van der Waals surface area contributed by atoms with Crippen molar-refractivity contribution in [2.45, 2.75) is 24.6 Å². The van der Waals surface area contributed by atoms with Gasteiger partial charge in [-0.15, -0.1) is 0 Å². The largest absolute Gasteiger partial charge is 0.507 e. The van der Waals surface area contributed by atoms with Crippen molar-refractivity contribution < 1.29 is 14.3 Å². The van der Waals surface area contributed by atoms with Crippen molar-refractivity contribution in [3.63, 3.8) is 0 Å². The van der Waals surface area contributed by atoms with E-state index in [-0.39, 0.29) is 11.3 Å². The van der Waals surface area contributed by atoms with E-state index >= 15 is 0 Å². The van der Waals surface area contributed by atoms with Gasteiger partial charge in [0.15, 0.2) is 0 Å². The third-order valence-electron chi connectivity index (χ3n) is 3.68. The molecule has 1 fully saturated rings. The van der Waals surface area contributed by atoms with Gasteiger partial charge in [-0.3, -0.25) is 4.79 Å². The van der Waals surface area contributed by atoms with Crippen LogP contribution in [-0.2, 0) is 0 Å². The lowest BCUT2D eigenvalue weighted by Crippen LogP contribution is -2.40. The van der Waals surface area contributed by atoms with Crippen molar-refractivity contribution >= 4 is 21.8 Å². The molecule has 0 spiro atoms. The maximum absolute atomic E-state index is 13.6. The van der Waals surface area contributed by atoms with Crippen LogP contribution in [0.4, 0.5) is 4.39 Å². The number of carbonyl (C=O) groups excluding carboxylic acids is 1. The fourth-order valence-electron chi connectivity index (χ4n) is 2.44. The van der Waals surface area contributed by atoms with Crippen LogP contribution >= 0.6 is 15.9 Å². The Morgan fingerprint density at radius 3 is 2.63 bits per heavy atom. The number of amides is 1. The molecule has 1 heterocycles. The summed E-state index contributed by atoms with van der Waals surface area (Å²) < 4.78 is 13.6. The standard InChI is InChI=1S/C14H17BrFNO2/c1-9(15)10-5-7-17(8-6-10)14(19)13-11(16)3-2-4-12(13)18/h2-4,9-10,18H,5-8H2,1H3. The average Bonchev–Trinajstić information content (AvgIpc) is 2.38. The van der Waals surface area contributed by atoms with Gasteiger partial charge in [-0.1, -0.05) is 28.9 Å². The van der Waals surface area contributed by atoms with Gasteiger partial charge in [-0.05, 0) is 30.9 Å². The molecule has 1 saturated heterocycles. The van der Waals surface area contributed by atoms with Crippen molar-refractivity contribution in [2.75, 3.05) is 13.1 Å². The Balaban J connectivity index is 2.10. The molecule has 19 heavy (non-hydrogen) atoms. The summed E-state index contributed by atoms with van der Waals surface area (Å²) in [5.74, 6) is -0.837. The Kier molecular flexibility index (Phi) is 4.45. The average molecular weight is 330 g/mol. The summed E-state index contributed by atoms with van der Waals surface area (Å²) in [4.78, 5) is 14.3. The highest BCUT2D eigenvalue weighted by Crippen LogP contribution is 2.28. The molecule has 1 N–H and O–H groups in total. The number of likely N-dealkylation sites (tertiary alicyclic amines) is 1. The second-order valence-electron chi connectivity index (χ2n) is 4.94. The number of piperidine rings is 1. The molecule has 104 valence electrons. The first-order valence-electron chi connectivity index (χ1n) is 6.41. The summed E-state index contributed by atoms with van der Waals surface area (Å²) in [5.41, 5.74) is -0.215. The molecular weight excluding hydrogens is 313 g/mol. The summed E-state index contributed by atoms with van der Waals surface area (Å²) >= 11 is 3.56. The Labute approximate surface area is 120 Å². The summed E-state index contributed by atoms with van der Waals surface area (Å²) in [5, 5.41) is 9.64. The molecule has 1 atom stereocenters. The molecule has 5 heteroatoms. The van der Waals surface area contributed by atoms with Gasteiger partial charge in [-0.25, -0.2) is 4.39 Å². The lowest BCUT2D eigenvalue weighted by atomic mass is 9.94. The SMILES string of the molecule is CC(Br)C1CCN(C(=O)c2c(O)cccc2F)CC1. The number of aromatic hydroxyl groups is 1. The third-order valence-corrected chi connectivity index (χ3v) is 4.43. The molecular formula is C14H17BrFNO2. The van der Waals surface area contributed by atoms with Crippen LogP contribution in [0, 0.1) is 11.7 Å². The van der Waals surface area contributed by atoms with Crippen LogP contribution in [0.2, 0.25) is 0 Å². The van der Waals surface area contributed by atoms with Crippen molar-refractivity contribution in [3.05, 3.63) is 29.6 Å². The van der Waals surface area contributed by atoms with Crippen LogP contribution in [-0.4, -0.2) is 33.8 Å². The van der Waals surface area contributed by atoms with Gasteiger partial charge in [0.1, 0.15) is 17.1 Å². The summed E-state index contributed by atoms with van der Waals surface area (Å²) in [6, 6.07) is 3.92. The molecule has 0 aliphatic carbocycles. The van der Waals surface area contributed by atoms with Crippen LogP contribution in [0.25, 0.3) is 0 Å². The molecule has 3 nitrogen and oxygen atoms in total. The van der Waals surface area contributed by atoms with E-state index in [1.165, 1.54) is 18.2 Å². The Morgan fingerprint density at radius 1 is 1.47 bits per heavy atom. The highest BCUT2D eigenvalue weighted by Gasteiger charge is 2.28. The minimum absolute atomic E-state index is 0.215.